The Labute approximate surface area is 206 Å². The number of urea groups is 1. The van der Waals surface area contributed by atoms with E-state index in [9.17, 15) is 9.59 Å². The van der Waals surface area contributed by atoms with Crippen LogP contribution < -0.4 is 10.2 Å². The van der Waals surface area contributed by atoms with Crippen molar-refractivity contribution >= 4 is 29.4 Å². The fraction of sp³-hybridized carbons (Fsp3) is 0.286. The third-order valence-corrected chi connectivity index (χ3v) is 6.21. The Morgan fingerprint density at radius 2 is 1.65 bits per heavy atom. The maximum absolute atomic E-state index is 13.0. The summed E-state index contributed by atoms with van der Waals surface area (Å²) >= 11 is 1.63. The highest BCUT2D eigenvalue weighted by atomic mass is 32.2. The number of ether oxygens (including phenoxy) is 1. The molecule has 3 rings (SSSR count). The molecule has 0 aliphatic heterocycles. The van der Waals surface area contributed by atoms with Gasteiger partial charge in [0, 0.05) is 28.6 Å². The molecule has 0 aliphatic rings. The predicted octanol–water partition coefficient (Wildman–Crippen LogP) is 6.46. The van der Waals surface area contributed by atoms with Gasteiger partial charge in [0.2, 0.25) is 0 Å². The molecule has 0 fully saturated rings. The van der Waals surface area contributed by atoms with E-state index in [2.05, 4.69) is 18.3 Å². The summed E-state index contributed by atoms with van der Waals surface area (Å²) in [5.41, 5.74) is 2.88. The molecule has 3 aromatic rings. The number of benzene rings is 3. The minimum atomic E-state index is -0.215. The van der Waals surface area contributed by atoms with Gasteiger partial charge in [0.15, 0.2) is 0 Å². The van der Waals surface area contributed by atoms with Gasteiger partial charge in [-0.15, -0.1) is 0 Å². The van der Waals surface area contributed by atoms with Crippen LogP contribution in [-0.2, 0) is 22.5 Å². The van der Waals surface area contributed by atoms with Crippen LogP contribution in [0.1, 0.15) is 37.8 Å². The zero-order valence-corrected chi connectivity index (χ0v) is 20.6. The number of hydrogen-bond donors (Lipinski definition) is 1. The topological polar surface area (TPSA) is 58.6 Å². The van der Waals surface area contributed by atoms with Crippen molar-refractivity contribution in [3.63, 3.8) is 0 Å². The number of amides is 2. The average Bonchev–Trinajstić information content (AvgIpc) is 2.85. The Morgan fingerprint density at radius 1 is 0.882 bits per heavy atom. The summed E-state index contributed by atoms with van der Waals surface area (Å²) in [6.07, 6.45) is 2.21. The minimum Gasteiger partial charge on any atom is -0.466 e. The van der Waals surface area contributed by atoms with Crippen molar-refractivity contribution in [2.24, 2.45) is 0 Å². The normalized spacial score (nSPS) is 10.5. The number of hydrogen-bond acceptors (Lipinski definition) is 4. The van der Waals surface area contributed by atoms with Crippen molar-refractivity contribution in [3.8, 4) is 0 Å². The van der Waals surface area contributed by atoms with E-state index in [1.165, 1.54) is 0 Å². The van der Waals surface area contributed by atoms with Gasteiger partial charge in [-0.25, -0.2) is 4.79 Å². The van der Waals surface area contributed by atoms with Crippen molar-refractivity contribution in [2.75, 3.05) is 18.1 Å². The van der Waals surface area contributed by atoms with Crippen LogP contribution in [0.3, 0.4) is 0 Å². The van der Waals surface area contributed by atoms with Crippen LogP contribution >= 0.6 is 11.8 Å². The van der Waals surface area contributed by atoms with E-state index >= 15 is 0 Å². The molecule has 2 amide bonds. The Bertz CT molecular complexity index is 1050. The van der Waals surface area contributed by atoms with E-state index in [4.69, 9.17) is 4.74 Å². The van der Waals surface area contributed by atoms with Crippen LogP contribution in [0.5, 0.6) is 0 Å². The Balaban J connectivity index is 1.67. The Kier molecular flexibility index (Phi) is 10.0. The molecular formula is C28H32N2O3S. The van der Waals surface area contributed by atoms with Crippen molar-refractivity contribution in [2.45, 2.75) is 49.4 Å². The Morgan fingerprint density at radius 3 is 2.35 bits per heavy atom. The van der Waals surface area contributed by atoms with Crippen LogP contribution in [0.4, 0.5) is 10.5 Å². The van der Waals surface area contributed by atoms with E-state index in [-0.39, 0.29) is 18.4 Å². The summed E-state index contributed by atoms with van der Waals surface area (Å²) in [4.78, 5) is 28.7. The molecule has 0 atom stereocenters. The predicted molar refractivity (Wildman–Crippen MR) is 138 cm³/mol. The van der Waals surface area contributed by atoms with Crippen molar-refractivity contribution in [3.05, 3.63) is 90.0 Å². The standard InChI is InChI=1S/C28H32N2O3S/c1-3-5-18-30(28(32)29-21-23-10-7-6-8-11-23)24-12-9-13-26(20-24)34-25-16-14-22(15-17-25)19-27(31)33-4-2/h6-17,20H,3-5,18-19,21H2,1-2H3,(H,29,32). The number of nitrogens with one attached hydrogen (secondary N) is 1. The number of carbonyl (C=O) groups excluding carboxylic acids is 2. The highest BCUT2D eigenvalue weighted by Crippen LogP contribution is 2.31. The number of esters is 1. The molecular weight excluding hydrogens is 444 g/mol. The van der Waals surface area contributed by atoms with E-state index in [1.54, 1.807) is 11.8 Å². The second-order valence-corrected chi connectivity index (χ2v) is 9.02. The fourth-order valence-corrected chi connectivity index (χ4v) is 4.31. The number of rotatable bonds is 11. The number of carbonyl (C=O) groups is 2. The Hall–Kier alpha value is -3.25. The van der Waals surface area contributed by atoms with E-state index in [0.29, 0.717) is 19.7 Å². The molecule has 6 heteroatoms. The van der Waals surface area contributed by atoms with Crippen LogP contribution in [0.2, 0.25) is 0 Å². The zero-order chi connectivity index (χ0) is 24.2. The number of nitrogens with zero attached hydrogens (tertiary/aromatic N) is 1. The number of unbranched alkanes of at least 4 members (excludes halogenated alkanes) is 1. The quantitative estimate of drug-likeness (QED) is 0.323. The van der Waals surface area contributed by atoms with E-state index in [1.807, 2.05) is 84.6 Å². The summed E-state index contributed by atoms with van der Waals surface area (Å²) in [6.45, 7) is 5.48. The first-order valence-electron chi connectivity index (χ1n) is 11.7. The lowest BCUT2D eigenvalue weighted by molar-refractivity contribution is -0.142. The molecule has 178 valence electrons. The molecule has 5 nitrogen and oxygen atoms in total. The molecule has 3 aromatic carbocycles. The highest BCUT2D eigenvalue weighted by molar-refractivity contribution is 7.99. The van der Waals surface area contributed by atoms with Gasteiger partial charge in [-0.05, 0) is 54.8 Å². The number of anilines is 1. The van der Waals surface area contributed by atoms with Gasteiger partial charge in [0.05, 0.1) is 13.0 Å². The second kappa shape index (κ2) is 13.5. The SMILES string of the molecule is CCCCN(C(=O)NCc1ccccc1)c1cccc(Sc2ccc(CC(=O)OCC)cc2)c1. The smallest absolute Gasteiger partial charge is 0.322 e. The fourth-order valence-electron chi connectivity index (χ4n) is 3.44. The maximum Gasteiger partial charge on any atom is 0.322 e. The summed E-state index contributed by atoms with van der Waals surface area (Å²) < 4.78 is 5.02. The van der Waals surface area contributed by atoms with Crippen LogP contribution in [0.15, 0.2) is 88.7 Å². The zero-order valence-electron chi connectivity index (χ0n) is 19.8. The van der Waals surface area contributed by atoms with E-state index < -0.39 is 0 Å². The van der Waals surface area contributed by atoms with Crippen molar-refractivity contribution in [1.29, 1.82) is 0 Å². The highest BCUT2D eigenvalue weighted by Gasteiger charge is 2.16. The minimum absolute atomic E-state index is 0.0947. The molecule has 1 N–H and O–H groups in total. The molecule has 0 bridgehead atoms. The van der Waals surface area contributed by atoms with Gasteiger partial charge >= 0.3 is 12.0 Å². The van der Waals surface area contributed by atoms with Gasteiger partial charge in [0.25, 0.3) is 0 Å². The van der Waals surface area contributed by atoms with Gasteiger partial charge in [-0.2, -0.15) is 0 Å². The van der Waals surface area contributed by atoms with Crippen molar-refractivity contribution in [1.82, 2.24) is 5.32 Å². The van der Waals surface area contributed by atoms with Crippen molar-refractivity contribution < 1.29 is 14.3 Å². The average molecular weight is 477 g/mol. The van der Waals surface area contributed by atoms with Crippen LogP contribution in [0, 0.1) is 0 Å². The molecule has 0 saturated carbocycles. The lowest BCUT2D eigenvalue weighted by atomic mass is 10.1. The lowest BCUT2D eigenvalue weighted by Crippen LogP contribution is -2.40. The second-order valence-electron chi connectivity index (χ2n) is 7.87. The molecule has 0 radical (unpaired) electrons. The van der Waals surface area contributed by atoms with Gasteiger partial charge in [0.1, 0.15) is 0 Å². The molecule has 0 spiro atoms. The molecule has 0 aliphatic carbocycles. The van der Waals surface area contributed by atoms with Crippen LogP contribution in [-0.4, -0.2) is 25.2 Å². The van der Waals surface area contributed by atoms with Gasteiger partial charge in [-0.3, -0.25) is 9.69 Å². The van der Waals surface area contributed by atoms with Gasteiger partial charge < -0.3 is 10.1 Å². The molecule has 0 unspecified atom stereocenters. The summed E-state index contributed by atoms with van der Waals surface area (Å²) in [5, 5.41) is 3.05. The molecule has 0 saturated heterocycles. The largest absolute Gasteiger partial charge is 0.466 e. The molecule has 0 heterocycles. The first-order valence-corrected chi connectivity index (χ1v) is 12.5. The monoisotopic (exact) mass is 476 g/mol. The third kappa shape index (κ3) is 7.96. The molecule has 0 aromatic heterocycles. The van der Waals surface area contributed by atoms with Gasteiger partial charge in [-0.1, -0.05) is 73.6 Å². The maximum atomic E-state index is 13.0. The third-order valence-electron chi connectivity index (χ3n) is 5.21. The van der Waals surface area contributed by atoms with E-state index in [0.717, 1.165) is 39.4 Å². The molecule has 34 heavy (non-hydrogen) atoms. The van der Waals surface area contributed by atoms with Crippen LogP contribution in [0.25, 0.3) is 0 Å². The summed E-state index contributed by atoms with van der Waals surface area (Å²) in [6, 6.07) is 25.8. The summed E-state index contributed by atoms with van der Waals surface area (Å²) in [7, 11) is 0. The first-order chi connectivity index (χ1) is 16.6. The summed E-state index contributed by atoms with van der Waals surface area (Å²) in [5.74, 6) is -0.215. The lowest BCUT2D eigenvalue weighted by Gasteiger charge is -2.24. The first kappa shape index (κ1) is 25.4.